The number of para-hydroxylation sites is 1. The third kappa shape index (κ3) is 5.04. The summed E-state index contributed by atoms with van der Waals surface area (Å²) in [5.41, 5.74) is 1.64. The fourth-order valence-corrected chi connectivity index (χ4v) is 3.53. The van der Waals surface area contributed by atoms with E-state index < -0.39 is 6.04 Å². The predicted octanol–water partition coefficient (Wildman–Crippen LogP) is 0.843. The molecule has 1 aromatic heterocycles. The molecule has 1 aliphatic rings. The first kappa shape index (κ1) is 21.5. The van der Waals surface area contributed by atoms with Crippen molar-refractivity contribution in [1.29, 1.82) is 0 Å². The smallest absolute Gasteiger partial charge is 0.237 e. The zero-order valence-electron chi connectivity index (χ0n) is 17.5. The van der Waals surface area contributed by atoms with Gasteiger partial charge in [0, 0.05) is 38.4 Å². The van der Waals surface area contributed by atoms with Gasteiger partial charge in [-0.3, -0.25) is 14.5 Å². The zero-order valence-corrected chi connectivity index (χ0v) is 17.5. The van der Waals surface area contributed by atoms with Gasteiger partial charge in [0.15, 0.2) is 11.5 Å². The van der Waals surface area contributed by atoms with Crippen LogP contribution in [0.25, 0.3) is 0 Å². The molecule has 2 aromatic rings. The number of nitrogens with zero attached hydrogens (tertiary/aromatic N) is 4. The molecule has 1 fully saturated rings. The van der Waals surface area contributed by atoms with Crippen molar-refractivity contribution < 1.29 is 19.1 Å². The maximum Gasteiger partial charge on any atom is 0.237 e. The summed E-state index contributed by atoms with van der Waals surface area (Å²) in [5, 5.41) is 2.87. The first-order valence-corrected chi connectivity index (χ1v) is 9.74. The summed E-state index contributed by atoms with van der Waals surface area (Å²) in [6, 6.07) is 6.85. The molecule has 9 nitrogen and oxygen atoms in total. The molecule has 2 heterocycles. The summed E-state index contributed by atoms with van der Waals surface area (Å²) < 4.78 is 10.9. The van der Waals surface area contributed by atoms with Gasteiger partial charge < -0.3 is 19.7 Å². The lowest BCUT2D eigenvalue weighted by molar-refractivity contribution is -0.138. The van der Waals surface area contributed by atoms with Crippen LogP contribution in [-0.4, -0.2) is 72.0 Å². The molecule has 0 saturated carbocycles. The van der Waals surface area contributed by atoms with Crippen LogP contribution in [0.1, 0.15) is 17.7 Å². The Morgan fingerprint density at radius 2 is 2.13 bits per heavy atom. The Kier molecular flexibility index (Phi) is 7.18. The van der Waals surface area contributed by atoms with E-state index in [2.05, 4.69) is 15.3 Å². The standard InChI is InChI=1S/C21H27N5O4/c1-25(13-16-7-8-22-14-24-16)19(27)11-17-21(28)23-9-10-26(17)12-15-5-4-6-18(29-2)20(15)30-3/h4-8,14,17H,9-13H2,1-3H3,(H,23,28). The van der Waals surface area contributed by atoms with Gasteiger partial charge in [-0.15, -0.1) is 0 Å². The monoisotopic (exact) mass is 413 g/mol. The molecular weight excluding hydrogens is 386 g/mol. The number of amides is 2. The second-order valence-electron chi connectivity index (χ2n) is 7.08. The third-order valence-electron chi connectivity index (χ3n) is 5.14. The van der Waals surface area contributed by atoms with Crippen LogP contribution in [0.15, 0.2) is 36.8 Å². The van der Waals surface area contributed by atoms with Gasteiger partial charge in [-0.2, -0.15) is 0 Å². The van der Waals surface area contributed by atoms with Crippen molar-refractivity contribution in [2.24, 2.45) is 0 Å². The van der Waals surface area contributed by atoms with Gasteiger partial charge in [-0.25, -0.2) is 9.97 Å². The van der Waals surface area contributed by atoms with E-state index >= 15 is 0 Å². The van der Waals surface area contributed by atoms with Crippen molar-refractivity contribution in [3.05, 3.63) is 48.0 Å². The van der Waals surface area contributed by atoms with Crippen molar-refractivity contribution in [2.75, 3.05) is 34.4 Å². The lowest BCUT2D eigenvalue weighted by Crippen LogP contribution is -2.56. The highest BCUT2D eigenvalue weighted by molar-refractivity contribution is 5.88. The molecule has 1 aliphatic heterocycles. The van der Waals surface area contributed by atoms with Crippen LogP contribution in [0.3, 0.4) is 0 Å². The quantitative estimate of drug-likeness (QED) is 0.685. The largest absolute Gasteiger partial charge is 0.493 e. The van der Waals surface area contributed by atoms with Crippen molar-refractivity contribution in [3.8, 4) is 11.5 Å². The summed E-state index contributed by atoms with van der Waals surface area (Å²) >= 11 is 0. The van der Waals surface area contributed by atoms with Crippen LogP contribution in [0.5, 0.6) is 11.5 Å². The summed E-state index contributed by atoms with van der Waals surface area (Å²) in [7, 11) is 4.89. The van der Waals surface area contributed by atoms with Gasteiger partial charge in [0.25, 0.3) is 0 Å². The van der Waals surface area contributed by atoms with E-state index in [1.807, 2.05) is 23.1 Å². The Bertz CT molecular complexity index is 877. The second-order valence-corrected chi connectivity index (χ2v) is 7.08. The van der Waals surface area contributed by atoms with Gasteiger partial charge >= 0.3 is 0 Å². The number of rotatable bonds is 8. The van der Waals surface area contributed by atoms with Crippen LogP contribution in [0, 0.1) is 0 Å². The lowest BCUT2D eigenvalue weighted by atomic mass is 10.1. The minimum atomic E-state index is -0.560. The molecule has 2 amide bonds. The first-order valence-electron chi connectivity index (χ1n) is 9.74. The summed E-state index contributed by atoms with van der Waals surface area (Å²) in [4.78, 5) is 37.0. The van der Waals surface area contributed by atoms with Crippen LogP contribution >= 0.6 is 0 Å². The number of aromatic nitrogens is 2. The van der Waals surface area contributed by atoms with Crippen molar-refractivity contribution >= 4 is 11.8 Å². The van der Waals surface area contributed by atoms with Crippen LogP contribution < -0.4 is 14.8 Å². The van der Waals surface area contributed by atoms with Crippen molar-refractivity contribution in [1.82, 2.24) is 25.1 Å². The topological polar surface area (TPSA) is 96.9 Å². The molecule has 1 N–H and O–H groups in total. The minimum Gasteiger partial charge on any atom is -0.493 e. The maximum absolute atomic E-state index is 12.8. The molecule has 1 unspecified atom stereocenters. The van der Waals surface area contributed by atoms with Crippen LogP contribution in [-0.2, 0) is 22.7 Å². The number of carbonyl (C=O) groups excluding carboxylic acids is 2. The Balaban J connectivity index is 1.72. The number of benzene rings is 1. The average Bonchev–Trinajstić information content (AvgIpc) is 2.76. The minimum absolute atomic E-state index is 0.0830. The van der Waals surface area contributed by atoms with E-state index in [0.29, 0.717) is 37.7 Å². The van der Waals surface area contributed by atoms with Gasteiger partial charge in [0.2, 0.25) is 11.8 Å². The SMILES string of the molecule is COc1cccc(CN2CCNC(=O)C2CC(=O)N(C)Cc2ccncn2)c1OC. The van der Waals surface area contributed by atoms with Crippen LogP contribution in [0.2, 0.25) is 0 Å². The number of carbonyl (C=O) groups is 2. The zero-order chi connectivity index (χ0) is 21.5. The second kappa shape index (κ2) is 10.0. The number of piperazine rings is 1. The normalized spacial score (nSPS) is 16.6. The van der Waals surface area contributed by atoms with E-state index in [1.54, 1.807) is 38.4 Å². The Morgan fingerprint density at radius 1 is 1.30 bits per heavy atom. The van der Waals surface area contributed by atoms with Gasteiger partial charge in [0.1, 0.15) is 6.33 Å². The Morgan fingerprint density at radius 3 is 2.83 bits per heavy atom. The van der Waals surface area contributed by atoms with E-state index in [4.69, 9.17) is 9.47 Å². The molecule has 1 atom stereocenters. The van der Waals surface area contributed by atoms with E-state index in [1.165, 1.54) is 6.33 Å². The summed E-state index contributed by atoms with van der Waals surface area (Å²) in [5.74, 6) is 0.996. The molecule has 0 spiro atoms. The van der Waals surface area contributed by atoms with E-state index in [0.717, 1.165) is 11.3 Å². The van der Waals surface area contributed by atoms with Gasteiger partial charge in [0.05, 0.1) is 38.9 Å². The number of hydrogen-bond donors (Lipinski definition) is 1. The van der Waals surface area contributed by atoms with E-state index in [-0.39, 0.29) is 18.2 Å². The molecule has 0 radical (unpaired) electrons. The molecule has 9 heteroatoms. The first-order chi connectivity index (χ1) is 14.5. The highest BCUT2D eigenvalue weighted by Gasteiger charge is 2.33. The number of hydrogen-bond acceptors (Lipinski definition) is 7. The van der Waals surface area contributed by atoms with Gasteiger partial charge in [-0.1, -0.05) is 12.1 Å². The Hall–Kier alpha value is -3.20. The average molecular weight is 413 g/mol. The van der Waals surface area contributed by atoms with Crippen LogP contribution in [0.4, 0.5) is 0 Å². The fraction of sp³-hybridized carbons (Fsp3) is 0.429. The highest BCUT2D eigenvalue weighted by atomic mass is 16.5. The van der Waals surface area contributed by atoms with Gasteiger partial charge in [-0.05, 0) is 12.1 Å². The molecular formula is C21H27N5O4. The van der Waals surface area contributed by atoms with Crippen molar-refractivity contribution in [2.45, 2.75) is 25.6 Å². The summed E-state index contributed by atoms with van der Waals surface area (Å²) in [6.07, 6.45) is 3.17. The third-order valence-corrected chi connectivity index (χ3v) is 5.14. The maximum atomic E-state index is 12.8. The number of nitrogens with one attached hydrogen (secondary N) is 1. The molecule has 160 valence electrons. The number of ether oxygens (including phenoxy) is 2. The molecule has 1 aromatic carbocycles. The predicted molar refractivity (Wildman–Crippen MR) is 110 cm³/mol. The molecule has 3 rings (SSSR count). The fourth-order valence-electron chi connectivity index (χ4n) is 3.53. The summed E-state index contributed by atoms with van der Waals surface area (Å²) in [6.45, 7) is 2.01. The molecule has 0 aliphatic carbocycles. The molecule has 30 heavy (non-hydrogen) atoms. The molecule has 0 bridgehead atoms. The highest BCUT2D eigenvalue weighted by Crippen LogP contribution is 2.32. The number of methoxy groups -OCH3 is 2. The Labute approximate surface area is 176 Å². The van der Waals surface area contributed by atoms with Crippen molar-refractivity contribution in [3.63, 3.8) is 0 Å². The van der Waals surface area contributed by atoms with E-state index in [9.17, 15) is 9.59 Å². The lowest BCUT2D eigenvalue weighted by Gasteiger charge is -2.35. The molecule has 1 saturated heterocycles.